The number of rotatable bonds is 39. The quantitative estimate of drug-likeness (QED) is 0.0264. The Hall–Kier alpha value is -3.09. The molecule has 1 aliphatic heterocycles. The summed E-state index contributed by atoms with van der Waals surface area (Å²) in [5.74, 6) is -2.52. The van der Waals surface area contributed by atoms with E-state index in [-0.39, 0.29) is 19.4 Å². The van der Waals surface area contributed by atoms with E-state index in [4.69, 9.17) is 18.9 Å². The van der Waals surface area contributed by atoms with Crippen molar-refractivity contribution >= 4 is 17.9 Å². The lowest BCUT2D eigenvalue weighted by molar-refractivity contribution is -0.298. The molecule has 1 aliphatic rings. The molecule has 0 aromatic heterocycles. The van der Waals surface area contributed by atoms with E-state index in [1.54, 1.807) is 0 Å². The maximum absolute atomic E-state index is 12.8. The monoisotopic (exact) mass is 861 g/mol. The molecular formula is C50H84O11. The number of aliphatic hydroxyl groups excluding tert-OH is 3. The topological polar surface area (TPSA) is 169 Å². The number of carboxylic acids is 1. The zero-order valence-electron chi connectivity index (χ0n) is 37.9. The van der Waals surface area contributed by atoms with Crippen LogP contribution in [-0.4, -0.2) is 88.4 Å². The minimum absolute atomic E-state index is 0.157. The number of hydrogen-bond acceptors (Lipinski definition) is 10. The number of aliphatic carboxylic acids is 1. The van der Waals surface area contributed by atoms with Crippen LogP contribution in [0.2, 0.25) is 0 Å². The van der Waals surface area contributed by atoms with Crippen molar-refractivity contribution in [2.45, 2.75) is 224 Å². The third kappa shape index (κ3) is 31.4. The van der Waals surface area contributed by atoms with E-state index in [0.29, 0.717) is 19.3 Å². The normalized spacial score (nSPS) is 20.2. The van der Waals surface area contributed by atoms with Crippen LogP contribution in [0.1, 0.15) is 187 Å². The van der Waals surface area contributed by atoms with Gasteiger partial charge in [0.15, 0.2) is 18.5 Å². The number of aliphatic hydroxyl groups is 3. The predicted octanol–water partition coefficient (Wildman–Crippen LogP) is 10.7. The Labute approximate surface area is 368 Å². The van der Waals surface area contributed by atoms with Crippen molar-refractivity contribution < 1.29 is 53.8 Å². The van der Waals surface area contributed by atoms with Gasteiger partial charge in [0.2, 0.25) is 0 Å². The highest BCUT2D eigenvalue weighted by molar-refractivity contribution is 5.73. The number of hydrogen-bond donors (Lipinski definition) is 4. The predicted molar refractivity (Wildman–Crippen MR) is 243 cm³/mol. The van der Waals surface area contributed by atoms with Crippen LogP contribution in [0.25, 0.3) is 0 Å². The highest BCUT2D eigenvalue weighted by atomic mass is 16.7. The lowest BCUT2D eigenvalue weighted by atomic mass is 9.99. The fraction of sp³-hybridized carbons (Fsp3) is 0.740. The van der Waals surface area contributed by atoms with Crippen molar-refractivity contribution in [1.29, 1.82) is 0 Å². The van der Waals surface area contributed by atoms with Crippen LogP contribution < -0.4 is 0 Å². The number of allylic oxidation sites excluding steroid dienone is 10. The molecule has 0 bridgehead atoms. The minimum Gasteiger partial charge on any atom is -0.479 e. The van der Waals surface area contributed by atoms with Crippen LogP contribution in [0.3, 0.4) is 0 Å². The Morgan fingerprint density at radius 3 is 1.44 bits per heavy atom. The van der Waals surface area contributed by atoms with Crippen molar-refractivity contribution in [3.8, 4) is 0 Å². The summed E-state index contributed by atoms with van der Waals surface area (Å²) in [5, 5.41) is 39.9. The molecule has 1 rings (SSSR count). The van der Waals surface area contributed by atoms with Gasteiger partial charge in [0.05, 0.1) is 6.61 Å². The van der Waals surface area contributed by atoms with Crippen molar-refractivity contribution in [2.24, 2.45) is 0 Å². The molecule has 0 saturated carbocycles. The molecule has 0 amide bonds. The number of unbranched alkanes of at least 4 members (excludes halogenated alkanes) is 18. The maximum Gasteiger partial charge on any atom is 0.335 e. The van der Waals surface area contributed by atoms with E-state index in [1.807, 2.05) is 6.08 Å². The summed E-state index contributed by atoms with van der Waals surface area (Å²) in [6.45, 7) is 3.66. The van der Waals surface area contributed by atoms with Gasteiger partial charge in [-0.15, -0.1) is 0 Å². The van der Waals surface area contributed by atoms with Gasteiger partial charge in [-0.3, -0.25) is 9.59 Å². The van der Waals surface area contributed by atoms with Crippen molar-refractivity contribution in [3.05, 3.63) is 60.8 Å². The number of carbonyl (C=O) groups is 3. The molecular weight excluding hydrogens is 777 g/mol. The van der Waals surface area contributed by atoms with E-state index in [0.717, 1.165) is 51.4 Å². The first-order valence-electron chi connectivity index (χ1n) is 23.8. The van der Waals surface area contributed by atoms with Gasteiger partial charge in [-0.25, -0.2) is 4.79 Å². The fourth-order valence-electron chi connectivity index (χ4n) is 6.91. The SMILES string of the molecule is CC/C=C\C/C=C\C/C=C\C/C=C\C/C=C\CCCC(=O)OCC(COC1OC(C(=O)O)C(O)C(O)C1O)OC(=O)CCCCCCCCCCCCCCCCCCCC. The maximum atomic E-state index is 12.8. The summed E-state index contributed by atoms with van der Waals surface area (Å²) in [5.41, 5.74) is 0. The first kappa shape index (κ1) is 55.9. The molecule has 0 aromatic carbocycles. The van der Waals surface area contributed by atoms with Crippen LogP contribution in [-0.2, 0) is 33.3 Å². The molecule has 11 nitrogen and oxygen atoms in total. The first-order chi connectivity index (χ1) is 29.7. The minimum atomic E-state index is -1.87. The summed E-state index contributed by atoms with van der Waals surface area (Å²) >= 11 is 0. The second kappa shape index (κ2) is 39.7. The second-order valence-corrected chi connectivity index (χ2v) is 16.2. The zero-order valence-corrected chi connectivity index (χ0v) is 37.9. The van der Waals surface area contributed by atoms with Crippen molar-refractivity contribution in [1.82, 2.24) is 0 Å². The lowest BCUT2D eigenvalue weighted by Gasteiger charge is -2.38. The molecule has 1 saturated heterocycles. The van der Waals surface area contributed by atoms with Crippen LogP contribution in [0.15, 0.2) is 60.8 Å². The highest BCUT2D eigenvalue weighted by Crippen LogP contribution is 2.23. The van der Waals surface area contributed by atoms with E-state index in [9.17, 15) is 34.8 Å². The smallest absolute Gasteiger partial charge is 0.335 e. The Morgan fingerprint density at radius 1 is 0.525 bits per heavy atom. The van der Waals surface area contributed by atoms with Crippen LogP contribution in [0, 0.1) is 0 Å². The Bertz CT molecular complexity index is 1240. The third-order valence-electron chi connectivity index (χ3n) is 10.6. The van der Waals surface area contributed by atoms with Gasteiger partial charge >= 0.3 is 17.9 Å². The fourth-order valence-corrected chi connectivity index (χ4v) is 6.91. The highest BCUT2D eigenvalue weighted by Gasteiger charge is 2.47. The lowest BCUT2D eigenvalue weighted by Crippen LogP contribution is -2.60. The molecule has 0 aliphatic carbocycles. The van der Waals surface area contributed by atoms with Crippen LogP contribution in [0.4, 0.5) is 0 Å². The van der Waals surface area contributed by atoms with Gasteiger partial charge in [0.25, 0.3) is 0 Å². The average molecular weight is 861 g/mol. The molecule has 350 valence electrons. The van der Waals surface area contributed by atoms with E-state index in [1.165, 1.54) is 89.9 Å². The third-order valence-corrected chi connectivity index (χ3v) is 10.6. The van der Waals surface area contributed by atoms with Gasteiger partial charge in [-0.05, 0) is 51.4 Å². The van der Waals surface area contributed by atoms with E-state index >= 15 is 0 Å². The van der Waals surface area contributed by atoms with Gasteiger partial charge in [-0.2, -0.15) is 0 Å². The molecule has 11 heteroatoms. The number of esters is 2. The number of carbonyl (C=O) groups excluding carboxylic acids is 2. The molecule has 1 heterocycles. The molecule has 0 aromatic rings. The average Bonchev–Trinajstić information content (AvgIpc) is 3.24. The number of ether oxygens (including phenoxy) is 4. The largest absolute Gasteiger partial charge is 0.479 e. The Kier molecular flexibility index (Phi) is 36.4. The van der Waals surface area contributed by atoms with Gasteiger partial charge in [0, 0.05) is 12.8 Å². The summed E-state index contributed by atoms with van der Waals surface area (Å²) in [7, 11) is 0. The molecule has 0 radical (unpaired) electrons. The van der Waals surface area contributed by atoms with Gasteiger partial charge in [0.1, 0.15) is 24.9 Å². The van der Waals surface area contributed by atoms with Crippen LogP contribution >= 0.6 is 0 Å². The summed E-state index contributed by atoms with van der Waals surface area (Å²) in [4.78, 5) is 36.9. The van der Waals surface area contributed by atoms with E-state index < -0.39 is 61.3 Å². The molecule has 0 spiro atoms. The second-order valence-electron chi connectivity index (χ2n) is 16.2. The number of carboxylic acid groups (broad SMARTS) is 1. The van der Waals surface area contributed by atoms with Crippen molar-refractivity contribution in [2.75, 3.05) is 13.2 Å². The summed E-state index contributed by atoms with van der Waals surface area (Å²) in [6, 6.07) is 0. The van der Waals surface area contributed by atoms with Gasteiger partial charge in [-0.1, -0.05) is 184 Å². The summed E-state index contributed by atoms with van der Waals surface area (Å²) < 4.78 is 21.7. The van der Waals surface area contributed by atoms with Crippen LogP contribution in [0.5, 0.6) is 0 Å². The molecule has 6 atom stereocenters. The first-order valence-corrected chi connectivity index (χ1v) is 23.8. The van der Waals surface area contributed by atoms with E-state index in [2.05, 4.69) is 68.5 Å². The van der Waals surface area contributed by atoms with Gasteiger partial charge < -0.3 is 39.4 Å². The molecule has 1 fully saturated rings. The van der Waals surface area contributed by atoms with Crippen molar-refractivity contribution in [3.63, 3.8) is 0 Å². The molecule has 61 heavy (non-hydrogen) atoms. The molecule has 6 unspecified atom stereocenters. The summed E-state index contributed by atoms with van der Waals surface area (Å²) in [6.07, 6.45) is 39.9. The Balaban J connectivity index is 2.38. The zero-order chi connectivity index (χ0) is 44.6. The standard InChI is InChI=1S/C50H84O11/c1-3-5-7-9-11-13-15-17-19-21-23-25-27-29-31-33-35-37-39-44(52)60-42(41-59-50-47(55)45(53)46(54)48(61-50)49(56)57)40-58-43(51)38-36-34-32-30-28-26-24-22-20-18-16-14-12-10-8-6-4-2/h6,8,12,14,18,20,24,26,30,32,42,45-48,50,53-55H,3-5,7,9-11,13,15-17,19,21-23,25,27-29,31,33-41H2,1-2H3,(H,56,57)/b8-6-,14-12-,20-18-,26-24-,32-30-. The Morgan fingerprint density at radius 2 is 0.967 bits per heavy atom. The molecule has 4 N–H and O–H groups in total.